The Hall–Kier alpha value is -1.48. The number of nitrogen functional groups attached to an aromatic ring is 1. The van der Waals surface area contributed by atoms with Gasteiger partial charge in [0.2, 0.25) is 5.28 Å². The van der Waals surface area contributed by atoms with E-state index in [9.17, 15) is 5.11 Å². The molecule has 0 unspecified atom stereocenters. The van der Waals surface area contributed by atoms with Gasteiger partial charge in [0.05, 0.1) is 26.1 Å². The molecule has 98 valence electrons. The number of aliphatic hydroxyl groups is 2. The van der Waals surface area contributed by atoms with Gasteiger partial charge in [0, 0.05) is 0 Å². The summed E-state index contributed by atoms with van der Waals surface area (Å²) in [4.78, 5) is 11.8. The number of halogens is 1. The number of rotatable bonds is 5. The Morgan fingerprint density at radius 2 is 2.22 bits per heavy atom. The molecule has 2 heterocycles. The summed E-state index contributed by atoms with van der Waals surface area (Å²) in [5.74, 6) is 0.155. The fourth-order valence-corrected chi connectivity index (χ4v) is 1.70. The molecule has 0 bridgehead atoms. The highest BCUT2D eigenvalue weighted by Gasteiger charge is 2.17. The van der Waals surface area contributed by atoms with Gasteiger partial charge >= 0.3 is 0 Å². The lowest BCUT2D eigenvalue weighted by Gasteiger charge is -2.16. The van der Waals surface area contributed by atoms with Crippen LogP contribution in [-0.2, 0) is 4.74 Å². The van der Waals surface area contributed by atoms with Crippen LogP contribution in [0.3, 0.4) is 0 Å². The van der Waals surface area contributed by atoms with E-state index in [4.69, 9.17) is 27.2 Å². The Kier molecular flexibility index (Phi) is 3.92. The van der Waals surface area contributed by atoms with Crippen LogP contribution in [0.5, 0.6) is 0 Å². The van der Waals surface area contributed by atoms with Crippen LogP contribution >= 0.6 is 11.6 Å². The quantitative estimate of drug-likeness (QED) is 0.632. The van der Waals surface area contributed by atoms with E-state index in [0.29, 0.717) is 11.2 Å². The second-order valence-corrected chi connectivity index (χ2v) is 3.77. The average molecular weight is 274 g/mol. The Morgan fingerprint density at radius 1 is 1.44 bits per heavy atom. The Bertz CT molecular complexity index is 546. The first-order valence-corrected chi connectivity index (χ1v) is 5.54. The van der Waals surface area contributed by atoms with Crippen molar-refractivity contribution >= 4 is 28.6 Å². The number of ether oxygens (including phenoxy) is 1. The lowest BCUT2D eigenvalue weighted by molar-refractivity contribution is -0.0444. The highest BCUT2D eigenvalue weighted by Crippen LogP contribution is 2.21. The first kappa shape index (κ1) is 13.0. The van der Waals surface area contributed by atoms with E-state index >= 15 is 0 Å². The topological polar surface area (TPSA) is 119 Å². The van der Waals surface area contributed by atoms with E-state index in [1.165, 1.54) is 10.9 Å². The van der Waals surface area contributed by atoms with Crippen LogP contribution in [0.4, 0.5) is 5.82 Å². The first-order valence-electron chi connectivity index (χ1n) is 5.16. The van der Waals surface area contributed by atoms with Gasteiger partial charge in [-0.25, -0.2) is 4.98 Å². The normalized spacial score (nSPS) is 13.1. The third kappa shape index (κ3) is 2.36. The van der Waals surface area contributed by atoms with Crippen molar-refractivity contribution in [1.82, 2.24) is 19.5 Å². The molecule has 2 aromatic heterocycles. The van der Waals surface area contributed by atoms with Crippen LogP contribution in [0.2, 0.25) is 5.28 Å². The molecule has 1 atom stereocenters. The van der Waals surface area contributed by atoms with Crippen molar-refractivity contribution in [2.45, 2.75) is 6.23 Å². The zero-order chi connectivity index (χ0) is 13.1. The van der Waals surface area contributed by atoms with Crippen LogP contribution in [-0.4, -0.2) is 49.6 Å². The predicted octanol–water partition coefficient (Wildman–Crippen LogP) is -0.438. The van der Waals surface area contributed by atoms with E-state index < -0.39 is 6.23 Å². The minimum Gasteiger partial charge on any atom is -0.394 e. The van der Waals surface area contributed by atoms with Gasteiger partial charge in [-0.3, -0.25) is 4.57 Å². The number of nitrogens with zero attached hydrogens (tertiary/aromatic N) is 4. The van der Waals surface area contributed by atoms with Gasteiger partial charge in [0.15, 0.2) is 17.7 Å². The summed E-state index contributed by atoms with van der Waals surface area (Å²) in [5.41, 5.74) is 6.40. The highest BCUT2D eigenvalue weighted by atomic mass is 35.5. The van der Waals surface area contributed by atoms with Gasteiger partial charge in [0.25, 0.3) is 0 Å². The van der Waals surface area contributed by atoms with Crippen molar-refractivity contribution in [2.24, 2.45) is 0 Å². The third-order valence-corrected chi connectivity index (χ3v) is 2.46. The number of aromatic nitrogens is 4. The smallest absolute Gasteiger partial charge is 0.226 e. The lowest BCUT2D eigenvalue weighted by Crippen LogP contribution is -2.18. The molecule has 0 saturated carbocycles. The van der Waals surface area contributed by atoms with Crippen molar-refractivity contribution in [3.8, 4) is 0 Å². The van der Waals surface area contributed by atoms with Crippen molar-refractivity contribution in [3.63, 3.8) is 0 Å². The number of hydrogen-bond acceptors (Lipinski definition) is 7. The van der Waals surface area contributed by atoms with Crippen molar-refractivity contribution < 1.29 is 14.9 Å². The number of fused-ring (bicyclic) bond motifs is 1. The number of imidazole rings is 1. The van der Waals surface area contributed by atoms with Gasteiger partial charge in [-0.2, -0.15) is 9.97 Å². The number of nitrogens with two attached hydrogens (primary N) is 1. The Balaban J connectivity index is 2.43. The zero-order valence-corrected chi connectivity index (χ0v) is 10.1. The maximum Gasteiger partial charge on any atom is 0.226 e. The molecule has 0 amide bonds. The van der Waals surface area contributed by atoms with Gasteiger partial charge in [-0.15, -0.1) is 0 Å². The maximum atomic E-state index is 9.26. The number of hydrogen-bond donors (Lipinski definition) is 3. The molecule has 0 aliphatic rings. The van der Waals surface area contributed by atoms with E-state index in [0.717, 1.165) is 0 Å². The van der Waals surface area contributed by atoms with Crippen molar-refractivity contribution in [3.05, 3.63) is 11.6 Å². The molecule has 8 nitrogen and oxygen atoms in total. The standard InChI is InChI=1S/C9H12ClN5O3/c10-9-13-7(11)6-8(14-9)15(4-12-6)5(3-17)18-2-1-16/h4-5,16-17H,1-3H2,(H2,11,13,14)/t5-/m1/s1. The van der Waals surface area contributed by atoms with E-state index in [1.54, 1.807) is 0 Å². The van der Waals surface area contributed by atoms with E-state index in [-0.39, 0.29) is 30.9 Å². The molecule has 2 aromatic rings. The minimum absolute atomic E-state index is 0.0133. The maximum absolute atomic E-state index is 9.26. The van der Waals surface area contributed by atoms with Crippen LogP contribution in [0, 0.1) is 0 Å². The van der Waals surface area contributed by atoms with E-state index in [1.807, 2.05) is 0 Å². The molecule has 18 heavy (non-hydrogen) atoms. The molecular formula is C9H12ClN5O3. The van der Waals surface area contributed by atoms with Crippen LogP contribution in [0.1, 0.15) is 6.23 Å². The third-order valence-electron chi connectivity index (χ3n) is 2.29. The molecule has 0 aromatic carbocycles. The highest BCUT2D eigenvalue weighted by molar-refractivity contribution is 6.28. The molecule has 0 fully saturated rings. The molecular weight excluding hydrogens is 262 g/mol. The first-order chi connectivity index (χ1) is 8.67. The van der Waals surface area contributed by atoms with E-state index in [2.05, 4.69) is 15.0 Å². The zero-order valence-electron chi connectivity index (χ0n) is 9.32. The van der Waals surface area contributed by atoms with Gasteiger partial charge in [-0.05, 0) is 11.6 Å². The largest absolute Gasteiger partial charge is 0.394 e. The molecule has 0 spiro atoms. The Morgan fingerprint density at radius 3 is 2.89 bits per heavy atom. The average Bonchev–Trinajstić information content (AvgIpc) is 2.74. The minimum atomic E-state index is -0.715. The lowest BCUT2D eigenvalue weighted by atomic mass is 10.5. The molecule has 0 aliphatic heterocycles. The summed E-state index contributed by atoms with van der Waals surface area (Å²) >= 11 is 5.72. The summed E-state index contributed by atoms with van der Waals surface area (Å²) in [6, 6.07) is 0. The molecule has 4 N–H and O–H groups in total. The van der Waals surface area contributed by atoms with Gasteiger partial charge in [0.1, 0.15) is 5.52 Å². The van der Waals surface area contributed by atoms with Gasteiger partial charge in [-0.1, -0.05) is 0 Å². The fraction of sp³-hybridized carbons (Fsp3) is 0.444. The second-order valence-electron chi connectivity index (χ2n) is 3.43. The SMILES string of the molecule is Nc1nc(Cl)nc2c1ncn2[C@@H](CO)OCCO. The molecule has 9 heteroatoms. The van der Waals surface area contributed by atoms with Crippen molar-refractivity contribution in [2.75, 3.05) is 25.6 Å². The molecule has 0 aliphatic carbocycles. The predicted molar refractivity (Wildman–Crippen MR) is 63.9 cm³/mol. The fourth-order valence-electron chi connectivity index (χ4n) is 1.53. The summed E-state index contributed by atoms with van der Waals surface area (Å²) in [7, 11) is 0. The summed E-state index contributed by atoms with van der Waals surface area (Å²) in [5, 5.41) is 18.0. The molecule has 0 saturated heterocycles. The molecule has 2 rings (SSSR count). The molecule has 0 radical (unpaired) electrons. The van der Waals surface area contributed by atoms with Gasteiger partial charge < -0.3 is 20.7 Å². The summed E-state index contributed by atoms with van der Waals surface area (Å²) < 4.78 is 6.73. The van der Waals surface area contributed by atoms with Crippen LogP contribution < -0.4 is 5.73 Å². The Labute approximate surface area is 107 Å². The summed E-state index contributed by atoms with van der Waals surface area (Å²) in [6.07, 6.45) is 0.706. The summed E-state index contributed by atoms with van der Waals surface area (Å²) in [6.45, 7) is -0.368. The van der Waals surface area contributed by atoms with Crippen LogP contribution in [0.25, 0.3) is 11.2 Å². The van der Waals surface area contributed by atoms with Crippen LogP contribution in [0.15, 0.2) is 6.33 Å². The monoisotopic (exact) mass is 273 g/mol. The number of anilines is 1. The van der Waals surface area contributed by atoms with Crippen molar-refractivity contribution in [1.29, 1.82) is 0 Å². The number of aliphatic hydroxyl groups excluding tert-OH is 2. The second kappa shape index (κ2) is 5.44.